The highest BCUT2D eigenvalue weighted by Crippen LogP contribution is 2.69. The molecule has 4 aliphatic carbocycles. The molecule has 0 amide bonds. The summed E-state index contributed by atoms with van der Waals surface area (Å²) in [4.78, 5) is 24.2. The molecule has 0 bridgehead atoms. The highest BCUT2D eigenvalue weighted by Gasteiger charge is 2.69. The van der Waals surface area contributed by atoms with Crippen LogP contribution in [-0.2, 0) is 28.6 Å². The van der Waals surface area contributed by atoms with Gasteiger partial charge in [0.1, 0.15) is 11.4 Å². The van der Waals surface area contributed by atoms with E-state index in [9.17, 15) is 18.0 Å². The predicted octanol–water partition coefficient (Wildman–Crippen LogP) is 3.55. The molecule has 5 rings (SSSR count). The zero-order valence-electron chi connectivity index (χ0n) is 18.1. The summed E-state index contributed by atoms with van der Waals surface area (Å²) < 4.78 is 36.3. The zero-order valence-corrected chi connectivity index (χ0v) is 18.9. The van der Waals surface area contributed by atoms with Gasteiger partial charge in [0.15, 0.2) is 0 Å². The van der Waals surface area contributed by atoms with Crippen molar-refractivity contribution >= 4 is 21.9 Å². The molecule has 6 nitrogen and oxygen atoms in total. The lowest BCUT2D eigenvalue weighted by molar-refractivity contribution is -0.179. The van der Waals surface area contributed by atoms with E-state index in [1.54, 1.807) is 0 Å². The molecule has 1 aliphatic heterocycles. The van der Waals surface area contributed by atoms with Crippen LogP contribution in [0.15, 0.2) is 11.6 Å². The molecule has 0 radical (unpaired) electrons. The lowest BCUT2D eigenvalue weighted by atomic mass is 9.46. The molecule has 0 N–H and O–H groups in total. The van der Waals surface area contributed by atoms with Gasteiger partial charge in [-0.3, -0.25) is 13.8 Å². The first-order valence-electron chi connectivity index (χ1n) is 11.3. The van der Waals surface area contributed by atoms with E-state index >= 15 is 0 Å². The van der Waals surface area contributed by atoms with E-state index in [1.165, 1.54) is 5.57 Å². The third kappa shape index (κ3) is 2.80. The van der Waals surface area contributed by atoms with Gasteiger partial charge in [0, 0.05) is 24.7 Å². The van der Waals surface area contributed by atoms with Crippen LogP contribution in [0.3, 0.4) is 0 Å². The molecule has 5 aliphatic rings. The second-order valence-corrected chi connectivity index (χ2v) is 12.5. The first-order chi connectivity index (χ1) is 14.0. The first kappa shape index (κ1) is 20.7. The molecule has 166 valence electrons. The molecular formula is C23H32O6S. The number of esters is 1. The van der Waals surface area contributed by atoms with Crippen molar-refractivity contribution < 1.29 is 26.9 Å². The van der Waals surface area contributed by atoms with Crippen molar-refractivity contribution in [2.75, 3.05) is 6.26 Å². The largest absolute Gasteiger partial charge is 0.458 e. The number of rotatable bonds is 2. The fourth-order valence-electron chi connectivity index (χ4n) is 8.17. The summed E-state index contributed by atoms with van der Waals surface area (Å²) in [6.07, 6.45) is 9.14. The summed E-state index contributed by atoms with van der Waals surface area (Å²) >= 11 is 0. The Balaban J connectivity index is 1.60. The molecule has 3 saturated carbocycles. The molecule has 1 heterocycles. The lowest BCUT2D eigenvalue weighted by Crippen LogP contribution is -2.60. The van der Waals surface area contributed by atoms with Crippen LogP contribution in [-0.4, -0.2) is 38.1 Å². The summed E-state index contributed by atoms with van der Waals surface area (Å²) in [6, 6.07) is 0. The minimum absolute atomic E-state index is 0.0608. The number of ketones is 1. The Labute approximate surface area is 178 Å². The summed E-state index contributed by atoms with van der Waals surface area (Å²) in [6.45, 7) is 4.41. The van der Waals surface area contributed by atoms with Crippen molar-refractivity contribution in [3.05, 3.63) is 11.6 Å². The number of hydrogen-bond donors (Lipinski definition) is 0. The number of hydrogen-bond acceptors (Lipinski definition) is 6. The van der Waals surface area contributed by atoms with Crippen LogP contribution in [0.25, 0.3) is 0 Å². The fraction of sp³-hybridized carbons (Fsp3) is 0.826. The molecule has 0 aromatic heterocycles. The fourth-order valence-corrected chi connectivity index (χ4v) is 8.80. The molecule has 0 aromatic carbocycles. The minimum Gasteiger partial charge on any atom is -0.458 e. The van der Waals surface area contributed by atoms with Crippen molar-refractivity contribution in [1.82, 2.24) is 0 Å². The molecule has 4 fully saturated rings. The molecular weight excluding hydrogens is 404 g/mol. The summed E-state index contributed by atoms with van der Waals surface area (Å²) in [5.41, 5.74) is 0.176. The maximum Gasteiger partial charge on any atom is 0.306 e. The van der Waals surface area contributed by atoms with Gasteiger partial charge in [0.2, 0.25) is 0 Å². The first-order valence-corrected chi connectivity index (χ1v) is 13.1. The Hall–Kier alpha value is -1.21. The van der Waals surface area contributed by atoms with Crippen LogP contribution in [0.1, 0.15) is 71.6 Å². The molecule has 30 heavy (non-hydrogen) atoms. The highest BCUT2D eigenvalue weighted by molar-refractivity contribution is 7.86. The molecule has 7 heteroatoms. The van der Waals surface area contributed by atoms with Crippen LogP contribution in [0.2, 0.25) is 0 Å². The van der Waals surface area contributed by atoms with Gasteiger partial charge in [-0.05, 0) is 61.7 Å². The van der Waals surface area contributed by atoms with Crippen LogP contribution in [0.4, 0.5) is 0 Å². The van der Waals surface area contributed by atoms with E-state index in [0.717, 1.165) is 31.9 Å². The van der Waals surface area contributed by atoms with Gasteiger partial charge in [-0.2, -0.15) is 8.42 Å². The maximum absolute atomic E-state index is 12.3. The van der Waals surface area contributed by atoms with Gasteiger partial charge in [0.05, 0.1) is 12.4 Å². The molecule has 1 spiro atoms. The average Bonchev–Trinajstić information content (AvgIpc) is 3.15. The Morgan fingerprint density at radius 3 is 2.57 bits per heavy atom. The Kier molecular flexibility index (Phi) is 4.42. The summed E-state index contributed by atoms with van der Waals surface area (Å²) in [5.74, 6) is 0.834. The Bertz CT molecular complexity index is 937. The summed E-state index contributed by atoms with van der Waals surface area (Å²) in [7, 11) is -3.65. The minimum atomic E-state index is -3.65. The van der Waals surface area contributed by atoms with Crippen LogP contribution in [0, 0.1) is 28.6 Å². The van der Waals surface area contributed by atoms with Crippen LogP contribution >= 0.6 is 0 Å². The molecule has 6 unspecified atom stereocenters. The van der Waals surface area contributed by atoms with Gasteiger partial charge >= 0.3 is 5.97 Å². The van der Waals surface area contributed by atoms with E-state index < -0.39 is 21.8 Å². The van der Waals surface area contributed by atoms with Crippen molar-refractivity contribution in [1.29, 1.82) is 0 Å². The monoisotopic (exact) mass is 436 g/mol. The zero-order chi connectivity index (χ0) is 21.5. The molecule has 1 saturated heterocycles. The average molecular weight is 437 g/mol. The third-order valence-corrected chi connectivity index (χ3v) is 10.1. The number of carbonyl (C=O) groups is 2. The second-order valence-electron chi connectivity index (χ2n) is 10.9. The number of carbonyl (C=O) groups excluding carboxylic acids is 2. The highest BCUT2D eigenvalue weighted by atomic mass is 32.2. The normalized spacial score (nSPS) is 48.0. The van der Waals surface area contributed by atoms with E-state index in [2.05, 4.69) is 19.9 Å². The number of Topliss-reactive ketones (excluding diaryl/α,β-unsaturated/α-hetero) is 1. The number of allylic oxidation sites excluding steroid dienone is 2. The molecule has 0 aromatic rings. The van der Waals surface area contributed by atoms with Gasteiger partial charge in [-0.25, -0.2) is 0 Å². The lowest BCUT2D eigenvalue weighted by Gasteiger charge is -2.60. The van der Waals surface area contributed by atoms with Gasteiger partial charge < -0.3 is 4.74 Å². The number of ether oxygens (including phenoxy) is 1. The third-order valence-electron chi connectivity index (χ3n) is 9.48. The number of fused-ring (bicyclic) bond motifs is 6. The van der Waals surface area contributed by atoms with Crippen LogP contribution in [0.5, 0.6) is 0 Å². The topological polar surface area (TPSA) is 86.7 Å². The van der Waals surface area contributed by atoms with E-state index in [4.69, 9.17) is 8.92 Å². The van der Waals surface area contributed by atoms with Crippen molar-refractivity contribution in [3.63, 3.8) is 0 Å². The second kappa shape index (κ2) is 6.41. The Morgan fingerprint density at radius 1 is 1.13 bits per heavy atom. The Morgan fingerprint density at radius 2 is 1.90 bits per heavy atom. The quantitative estimate of drug-likeness (QED) is 0.374. The van der Waals surface area contributed by atoms with Crippen LogP contribution < -0.4 is 0 Å². The van der Waals surface area contributed by atoms with Gasteiger partial charge in [0.25, 0.3) is 10.1 Å². The predicted molar refractivity (Wildman–Crippen MR) is 110 cm³/mol. The van der Waals surface area contributed by atoms with E-state index in [1.807, 2.05) is 0 Å². The summed E-state index contributed by atoms with van der Waals surface area (Å²) in [5, 5.41) is 0. The van der Waals surface area contributed by atoms with E-state index in [0.29, 0.717) is 38.0 Å². The van der Waals surface area contributed by atoms with Crippen molar-refractivity contribution in [2.45, 2.75) is 83.3 Å². The smallest absolute Gasteiger partial charge is 0.306 e. The molecule has 7 atom stereocenters. The SMILES string of the molecule is CC12CCC(=O)CC1=CCC1C2[C@H](OS(C)(=O)=O)CC2(C)C1CCC21CCC(=O)O1. The van der Waals surface area contributed by atoms with Gasteiger partial charge in [-0.1, -0.05) is 25.5 Å². The standard InChI is InChI=1S/C23H32O6S/c1-21-9-6-15(24)12-14(21)4-5-16-17-7-10-23(11-8-19(25)28-23)22(17,2)13-18(20(16)21)29-30(3,26)27/h4,16-18,20H,5-13H2,1-3H3/t16?,17?,18-,20?,21?,22?,23?/m1/s1. The van der Waals surface area contributed by atoms with Crippen molar-refractivity contribution in [3.8, 4) is 0 Å². The van der Waals surface area contributed by atoms with E-state index in [-0.39, 0.29) is 34.4 Å². The van der Waals surface area contributed by atoms with Gasteiger partial charge in [-0.15, -0.1) is 0 Å². The maximum atomic E-state index is 12.3. The van der Waals surface area contributed by atoms with Crippen molar-refractivity contribution in [2.24, 2.45) is 28.6 Å².